The molecule has 0 unspecified atom stereocenters. The van der Waals surface area contributed by atoms with Crippen LogP contribution < -0.4 is 0 Å². The van der Waals surface area contributed by atoms with Gasteiger partial charge in [0.1, 0.15) is 10.9 Å². The molecule has 0 aromatic carbocycles. The van der Waals surface area contributed by atoms with Crippen molar-refractivity contribution in [3.05, 3.63) is 29.7 Å². The average Bonchev–Trinajstić information content (AvgIpc) is 2.64. The van der Waals surface area contributed by atoms with E-state index in [9.17, 15) is 5.11 Å². The highest BCUT2D eigenvalue weighted by Gasteiger charge is 2.12. The number of aliphatic hydroxyl groups is 1. The Morgan fingerprint density at radius 2 is 2.31 bits per heavy atom. The number of aryl methyl sites for hydroxylation is 1. The van der Waals surface area contributed by atoms with Gasteiger partial charge in [-0.25, -0.2) is 9.97 Å². The van der Waals surface area contributed by atoms with Crippen molar-refractivity contribution in [2.45, 2.75) is 29.3 Å². The molecular weight excluding hydrogens is 242 g/mol. The van der Waals surface area contributed by atoms with Crippen molar-refractivity contribution >= 4 is 23.3 Å². The van der Waals surface area contributed by atoms with Crippen LogP contribution in [0.2, 0.25) is 0 Å². The van der Waals surface area contributed by atoms with Gasteiger partial charge in [-0.1, -0.05) is 6.07 Å². The van der Waals surface area contributed by atoms with Crippen molar-refractivity contribution in [1.29, 1.82) is 0 Å². The van der Waals surface area contributed by atoms with Gasteiger partial charge in [0.05, 0.1) is 6.10 Å². The highest BCUT2D eigenvalue weighted by atomic mass is 32.2. The molecule has 0 saturated carbocycles. The molecule has 0 amide bonds. The fraction of sp³-hybridized carbons (Fsp3) is 0.300. The van der Waals surface area contributed by atoms with Crippen LogP contribution in [-0.4, -0.2) is 19.4 Å². The molecule has 84 valence electrons. The van der Waals surface area contributed by atoms with Crippen LogP contribution in [0.1, 0.15) is 24.4 Å². The predicted octanol–water partition coefficient (Wildman–Crippen LogP) is 2.45. The smallest absolute Gasteiger partial charge is 0.176 e. The SMILES string of the molecule is Cc1nsc(Sc2ncccc2[C@H](C)O)n1. The second kappa shape index (κ2) is 4.90. The van der Waals surface area contributed by atoms with E-state index in [0.29, 0.717) is 0 Å². The van der Waals surface area contributed by atoms with E-state index in [1.165, 1.54) is 23.3 Å². The molecule has 2 rings (SSSR count). The summed E-state index contributed by atoms with van der Waals surface area (Å²) in [7, 11) is 0. The molecule has 0 aliphatic carbocycles. The third-order valence-corrected chi connectivity index (χ3v) is 3.82. The Kier molecular flexibility index (Phi) is 3.52. The highest BCUT2D eigenvalue weighted by Crippen LogP contribution is 2.32. The first kappa shape index (κ1) is 11.5. The lowest BCUT2D eigenvalue weighted by molar-refractivity contribution is 0.195. The molecule has 2 aromatic rings. The maximum Gasteiger partial charge on any atom is 0.176 e. The van der Waals surface area contributed by atoms with Gasteiger partial charge < -0.3 is 5.11 Å². The normalized spacial score (nSPS) is 12.7. The summed E-state index contributed by atoms with van der Waals surface area (Å²) in [5.41, 5.74) is 0.820. The van der Waals surface area contributed by atoms with E-state index >= 15 is 0 Å². The van der Waals surface area contributed by atoms with Crippen LogP contribution in [0, 0.1) is 6.92 Å². The first-order valence-corrected chi connectivity index (χ1v) is 6.37. The predicted molar refractivity (Wildman–Crippen MR) is 63.6 cm³/mol. The largest absolute Gasteiger partial charge is 0.389 e. The summed E-state index contributed by atoms with van der Waals surface area (Å²) >= 11 is 2.78. The van der Waals surface area contributed by atoms with Crippen molar-refractivity contribution in [3.63, 3.8) is 0 Å². The van der Waals surface area contributed by atoms with Crippen LogP contribution in [0.25, 0.3) is 0 Å². The van der Waals surface area contributed by atoms with Gasteiger partial charge in [0.2, 0.25) is 0 Å². The van der Waals surface area contributed by atoms with E-state index < -0.39 is 6.10 Å². The van der Waals surface area contributed by atoms with Crippen molar-refractivity contribution in [1.82, 2.24) is 14.3 Å². The Bertz CT molecular complexity index is 484. The third-order valence-electron chi connectivity index (χ3n) is 1.94. The number of rotatable bonds is 3. The molecule has 0 radical (unpaired) electrons. The van der Waals surface area contributed by atoms with Crippen molar-refractivity contribution in [3.8, 4) is 0 Å². The average molecular weight is 253 g/mol. The summed E-state index contributed by atoms with van der Waals surface area (Å²) in [4.78, 5) is 8.50. The molecule has 1 N–H and O–H groups in total. The quantitative estimate of drug-likeness (QED) is 0.910. The van der Waals surface area contributed by atoms with E-state index in [1.54, 1.807) is 13.1 Å². The minimum atomic E-state index is -0.523. The minimum Gasteiger partial charge on any atom is -0.389 e. The van der Waals surface area contributed by atoms with Crippen molar-refractivity contribution < 1.29 is 5.11 Å². The van der Waals surface area contributed by atoms with Gasteiger partial charge in [-0.15, -0.1) is 0 Å². The van der Waals surface area contributed by atoms with E-state index in [1.807, 2.05) is 19.1 Å². The fourth-order valence-corrected chi connectivity index (χ4v) is 2.94. The second-order valence-corrected chi connectivity index (χ2v) is 5.27. The van der Waals surface area contributed by atoms with Crippen LogP contribution in [-0.2, 0) is 0 Å². The Hall–Kier alpha value is -0.980. The molecule has 0 saturated heterocycles. The van der Waals surface area contributed by atoms with Crippen LogP contribution in [0.4, 0.5) is 0 Å². The van der Waals surface area contributed by atoms with Gasteiger partial charge in [0, 0.05) is 11.8 Å². The van der Waals surface area contributed by atoms with Gasteiger partial charge in [0.15, 0.2) is 4.34 Å². The lowest BCUT2D eigenvalue weighted by Crippen LogP contribution is -1.95. The van der Waals surface area contributed by atoms with Gasteiger partial charge in [0.25, 0.3) is 0 Å². The summed E-state index contributed by atoms with van der Waals surface area (Å²) in [6.07, 6.45) is 1.19. The minimum absolute atomic E-state index is 0.523. The van der Waals surface area contributed by atoms with Crippen molar-refractivity contribution in [2.24, 2.45) is 0 Å². The molecule has 1 atom stereocenters. The number of hydrogen-bond acceptors (Lipinski definition) is 6. The summed E-state index contributed by atoms with van der Waals surface area (Å²) < 4.78 is 4.95. The van der Waals surface area contributed by atoms with Gasteiger partial charge in [-0.3, -0.25) is 0 Å². The molecule has 0 bridgehead atoms. The van der Waals surface area contributed by atoms with Crippen LogP contribution >= 0.6 is 23.3 Å². The number of nitrogens with zero attached hydrogens (tertiary/aromatic N) is 3. The van der Waals surface area contributed by atoms with Gasteiger partial charge in [-0.05, 0) is 43.2 Å². The number of aromatic nitrogens is 3. The van der Waals surface area contributed by atoms with E-state index in [-0.39, 0.29) is 0 Å². The number of hydrogen-bond donors (Lipinski definition) is 1. The first-order valence-electron chi connectivity index (χ1n) is 4.78. The second-order valence-electron chi connectivity index (χ2n) is 3.28. The van der Waals surface area contributed by atoms with Gasteiger partial charge >= 0.3 is 0 Å². The Labute approximate surface area is 102 Å². The third kappa shape index (κ3) is 2.58. The number of aliphatic hydroxyl groups excluding tert-OH is 1. The zero-order valence-corrected chi connectivity index (χ0v) is 10.5. The number of pyridine rings is 1. The summed E-state index contributed by atoms with van der Waals surface area (Å²) in [5.74, 6) is 0.766. The molecule has 0 spiro atoms. The zero-order valence-electron chi connectivity index (χ0n) is 8.91. The van der Waals surface area contributed by atoms with Crippen LogP contribution in [0.15, 0.2) is 27.7 Å². The Balaban J connectivity index is 2.27. The molecule has 0 aliphatic heterocycles. The lowest BCUT2D eigenvalue weighted by atomic mass is 10.2. The van der Waals surface area contributed by atoms with Gasteiger partial charge in [-0.2, -0.15) is 4.37 Å². The standard InChI is InChI=1S/C10H11N3OS2/c1-6(14)8-4-3-5-11-9(8)15-10-12-7(2)13-16-10/h3-6,14H,1-2H3/t6-/m0/s1. The summed E-state index contributed by atoms with van der Waals surface area (Å²) in [5, 5.41) is 10.4. The molecule has 16 heavy (non-hydrogen) atoms. The summed E-state index contributed by atoms with van der Waals surface area (Å²) in [6.45, 7) is 3.58. The fourth-order valence-electron chi connectivity index (χ4n) is 1.21. The monoisotopic (exact) mass is 253 g/mol. The molecule has 0 fully saturated rings. The Morgan fingerprint density at radius 1 is 1.50 bits per heavy atom. The summed E-state index contributed by atoms with van der Waals surface area (Å²) in [6, 6.07) is 3.69. The Morgan fingerprint density at radius 3 is 2.94 bits per heavy atom. The van der Waals surface area contributed by atoms with Crippen LogP contribution in [0.3, 0.4) is 0 Å². The van der Waals surface area contributed by atoms with E-state index in [4.69, 9.17) is 0 Å². The molecule has 0 aliphatic rings. The highest BCUT2D eigenvalue weighted by molar-refractivity contribution is 8.00. The van der Waals surface area contributed by atoms with Crippen molar-refractivity contribution in [2.75, 3.05) is 0 Å². The molecular formula is C10H11N3OS2. The maximum atomic E-state index is 9.60. The first-order chi connectivity index (χ1) is 7.66. The lowest BCUT2D eigenvalue weighted by Gasteiger charge is -2.08. The molecule has 2 heterocycles. The van der Waals surface area contributed by atoms with E-state index in [2.05, 4.69) is 14.3 Å². The zero-order chi connectivity index (χ0) is 11.5. The van der Waals surface area contributed by atoms with E-state index in [0.717, 1.165) is 20.8 Å². The topological polar surface area (TPSA) is 58.9 Å². The maximum absolute atomic E-state index is 9.60. The molecule has 2 aromatic heterocycles. The molecule has 6 heteroatoms. The molecule has 4 nitrogen and oxygen atoms in total. The van der Waals surface area contributed by atoms with Crippen LogP contribution in [0.5, 0.6) is 0 Å².